The van der Waals surface area contributed by atoms with E-state index in [-0.39, 0.29) is 31.0 Å². The van der Waals surface area contributed by atoms with E-state index in [0.717, 1.165) is 5.56 Å². The Kier molecular flexibility index (Phi) is 9.37. The Hall–Kier alpha value is -4.40. The maximum Gasteiger partial charge on any atom is 0.338 e. The van der Waals surface area contributed by atoms with Crippen LogP contribution in [0.1, 0.15) is 31.0 Å². The lowest BCUT2D eigenvalue weighted by Crippen LogP contribution is -2.40. The minimum atomic E-state index is -0.869. The number of nitriles is 1. The maximum atomic E-state index is 13.9. The van der Waals surface area contributed by atoms with Crippen LogP contribution >= 0.6 is 11.3 Å². The number of ether oxygens (including phenoxy) is 5. The Morgan fingerprint density at radius 1 is 1.15 bits per heavy atom. The fraction of sp³-hybridized carbons (Fsp3) is 0.310. The molecule has 0 aliphatic carbocycles. The molecule has 3 aromatic rings. The fourth-order valence-corrected chi connectivity index (χ4v) is 5.35. The molecule has 0 saturated heterocycles. The van der Waals surface area contributed by atoms with Gasteiger partial charge in [0.15, 0.2) is 22.9 Å². The monoisotopic (exact) mass is 563 g/mol. The van der Waals surface area contributed by atoms with Crippen molar-refractivity contribution in [3.63, 3.8) is 0 Å². The molecule has 1 aromatic heterocycles. The van der Waals surface area contributed by atoms with Crippen LogP contribution < -0.4 is 29.1 Å². The Bertz CT molecular complexity index is 1630. The van der Waals surface area contributed by atoms with Gasteiger partial charge in [0.2, 0.25) is 0 Å². The molecule has 1 aliphatic rings. The van der Waals surface area contributed by atoms with Crippen molar-refractivity contribution >= 4 is 23.4 Å². The van der Waals surface area contributed by atoms with Gasteiger partial charge in [-0.25, -0.2) is 9.79 Å². The maximum absolute atomic E-state index is 13.9. The van der Waals surface area contributed by atoms with Crippen LogP contribution in [0.3, 0.4) is 0 Å². The zero-order valence-electron chi connectivity index (χ0n) is 22.6. The highest BCUT2D eigenvalue weighted by atomic mass is 32.1. The number of nitrogens with zero attached hydrogens (tertiary/aromatic N) is 3. The number of allylic oxidation sites excluding steroid dienone is 1. The number of benzene rings is 2. The number of methoxy groups -OCH3 is 2. The molecule has 0 N–H and O–H groups in total. The number of aromatic nitrogens is 1. The zero-order chi connectivity index (χ0) is 28.6. The molecule has 0 bridgehead atoms. The number of fused-ring (bicyclic) bond motifs is 1. The van der Waals surface area contributed by atoms with Crippen molar-refractivity contribution in [3.8, 4) is 23.3 Å². The average molecular weight is 564 g/mol. The van der Waals surface area contributed by atoms with Gasteiger partial charge in [-0.15, -0.1) is 0 Å². The van der Waals surface area contributed by atoms with Gasteiger partial charge in [0.05, 0.1) is 36.1 Å². The van der Waals surface area contributed by atoms with Crippen molar-refractivity contribution in [2.24, 2.45) is 4.99 Å². The summed E-state index contributed by atoms with van der Waals surface area (Å²) in [5, 5.41) is 8.71. The van der Waals surface area contributed by atoms with E-state index in [1.807, 2.05) is 13.0 Å². The number of esters is 1. The molecule has 0 fully saturated rings. The van der Waals surface area contributed by atoms with E-state index in [1.165, 1.54) is 30.1 Å². The average Bonchev–Trinajstić information content (AvgIpc) is 3.26. The fourth-order valence-electron chi connectivity index (χ4n) is 4.31. The summed E-state index contributed by atoms with van der Waals surface area (Å²) in [6.07, 6.45) is 1.75. The lowest BCUT2D eigenvalue weighted by molar-refractivity contribution is -0.140. The van der Waals surface area contributed by atoms with E-state index in [4.69, 9.17) is 28.9 Å². The molecular weight excluding hydrogens is 534 g/mol. The minimum absolute atomic E-state index is 0.0494. The molecule has 208 valence electrons. The van der Waals surface area contributed by atoms with Gasteiger partial charge < -0.3 is 23.7 Å². The third-order valence-electron chi connectivity index (χ3n) is 6.06. The molecule has 0 unspecified atom stereocenters. The first-order valence-corrected chi connectivity index (χ1v) is 13.3. The molecule has 0 saturated carbocycles. The summed E-state index contributed by atoms with van der Waals surface area (Å²) in [5.41, 5.74) is 1.67. The van der Waals surface area contributed by atoms with E-state index in [9.17, 15) is 9.59 Å². The molecule has 4 rings (SSSR count). The quantitative estimate of drug-likeness (QED) is 0.258. The Balaban J connectivity index is 1.89. The minimum Gasteiger partial charge on any atom is -0.493 e. The number of hydrogen-bond acceptors (Lipinski definition) is 10. The van der Waals surface area contributed by atoms with Crippen LogP contribution in [0.2, 0.25) is 0 Å². The standard InChI is InChI=1S/C29H29N3O7S/c1-5-37-26-21(7-6-8-22(26)36-4)25-24(28(34)39-16-15-35-3)18(2)31-29-32(25)27(33)23(40-29)17-19-9-11-20(12-10-19)38-14-13-30/h6-12,17,25H,5,14-16H2,1-4H3/b23-17+/t25-/m1/s1. The Morgan fingerprint density at radius 3 is 2.60 bits per heavy atom. The third kappa shape index (κ3) is 5.93. The van der Waals surface area contributed by atoms with Crippen molar-refractivity contribution in [1.29, 1.82) is 5.26 Å². The van der Waals surface area contributed by atoms with Gasteiger partial charge in [0, 0.05) is 12.7 Å². The SMILES string of the molecule is CCOc1c(OC)cccc1[C@@H]1C(C(=O)OCCOC)=C(C)N=c2s/c(=C/c3ccc(OCC#N)cc3)c(=O)n21. The summed E-state index contributed by atoms with van der Waals surface area (Å²) in [7, 11) is 3.05. The summed E-state index contributed by atoms with van der Waals surface area (Å²) in [4.78, 5) is 32.4. The summed E-state index contributed by atoms with van der Waals surface area (Å²) in [6, 6.07) is 13.4. The first kappa shape index (κ1) is 28.6. The van der Waals surface area contributed by atoms with E-state index in [0.29, 0.717) is 44.4 Å². The third-order valence-corrected chi connectivity index (χ3v) is 7.04. The van der Waals surface area contributed by atoms with E-state index >= 15 is 0 Å². The summed E-state index contributed by atoms with van der Waals surface area (Å²) >= 11 is 1.22. The predicted molar refractivity (Wildman–Crippen MR) is 148 cm³/mol. The number of rotatable bonds is 11. The van der Waals surface area contributed by atoms with Crippen molar-refractivity contribution in [2.45, 2.75) is 19.9 Å². The molecular formula is C29H29N3O7S. The van der Waals surface area contributed by atoms with Gasteiger partial charge in [0.25, 0.3) is 5.56 Å². The van der Waals surface area contributed by atoms with Crippen molar-refractivity contribution < 1.29 is 28.5 Å². The molecule has 2 aromatic carbocycles. The van der Waals surface area contributed by atoms with Crippen LogP contribution in [-0.2, 0) is 14.3 Å². The Labute approximate surface area is 235 Å². The van der Waals surface area contributed by atoms with Gasteiger partial charge in [-0.3, -0.25) is 9.36 Å². The molecule has 1 atom stereocenters. The van der Waals surface area contributed by atoms with Gasteiger partial charge in [0.1, 0.15) is 24.5 Å². The van der Waals surface area contributed by atoms with Gasteiger partial charge in [-0.2, -0.15) is 5.26 Å². The number of thiazole rings is 1. The number of para-hydroxylation sites is 1. The molecule has 1 aliphatic heterocycles. The molecule has 0 spiro atoms. The lowest BCUT2D eigenvalue weighted by Gasteiger charge is -2.27. The first-order valence-electron chi connectivity index (χ1n) is 12.5. The topological polar surface area (TPSA) is 121 Å². The van der Waals surface area contributed by atoms with Crippen LogP contribution in [0.25, 0.3) is 6.08 Å². The number of carbonyl (C=O) groups excluding carboxylic acids is 1. The van der Waals surface area contributed by atoms with E-state index in [2.05, 4.69) is 4.99 Å². The molecule has 40 heavy (non-hydrogen) atoms. The summed E-state index contributed by atoms with van der Waals surface area (Å²) in [6.45, 7) is 4.14. The smallest absolute Gasteiger partial charge is 0.338 e. The number of hydrogen-bond donors (Lipinski definition) is 0. The zero-order valence-corrected chi connectivity index (χ0v) is 23.4. The molecule has 0 radical (unpaired) electrons. The molecule has 0 amide bonds. The first-order chi connectivity index (χ1) is 19.4. The van der Waals surface area contributed by atoms with E-state index in [1.54, 1.807) is 55.5 Å². The van der Waals surface area contributed by atoms with Gasteiger partial charge in [-0.1, -0.05) is 35.6 Å². The normalized spacial score (nSPS) is 14.7. The summed E-state index contributed by atoms with van der Waals surface area (Å²) in [5.74, 6) is 0.851. The predicted octanol–water partition coefficient (Wildman–Crippen LogP) is 2.73. The van der Waals surface area contributed by atoms with Crippen LogP contribution in [-0.4, -0.2) is 51.2 Å². The van der Waals surface area contributed by atoms with Crippen LogP contribution in [0.15, 0.2) is 63.5 Å². The molecule has 10 nitrogen and oxygen atoms in total. The van der Waals surface area contributed by atoms with Crippen molar-refractivity contribution in [1.82, 2.24) is 4.57 Å². The lowest BCUT2D eigenvalue weighted by atomic mass is 9.94. The van der Waals surface area contributed by atoms with E-state index < -0.39 is 12.0 Å². The van der Waals surface area contributed by atoms with Crippen LogP contribution in [0.4, 0.5) is 0 Å². The van der Waals surface area contributed by atoms with Gasteiger partial charge in [-0.05, 0) is 43.7 Å². The number of carbonyl (C=O) groups is 1. The highest BCUT2D eigenvalue weighted by molar-refractivity contribution is 7.07. The highest BCUT2D eigenvalue weighted by Crippen LogP contribution is 2.40. The Morgan fingerprint density at radius 2 is 1.93 bits per heavy atom. The second kappa shape index (κ2) is 13.1. The molecule has 2 heterocycles. The largest absolute Gasteiger partial charge is 0.493 e. The van der Waals surface area contributed by atoms with Crippen LogP contribution in [0, 0.1) is 11.3 Å². The van der Waals surface area contributed by atoms with Crippen molar-refractivity contribution in [3.05, 3.63) is 84.5 Å². The van der Waals surface area contributed by atoms with Gasteiger partial charge >= 0.3 is 5.97 Å². The second-order valence-corrected chi connectivity index (χ2v) is 9.55. The molecule has 11 heteroatoms. The second-order valence-electron chi connectivity index (χ2n) is 8.54. The summed E-state index contributed by atoms with van der Waals surface area (Å²) < 4.78 is 29.3. The van der Waals surface area contributed by atoms with Crippen LogP contribution in [0.5, 0.6) is 17.2 Å². The highest BCUT2D eigenvalue weighted by Gasteiger charge is 2.36. The van der Waals surface area contributed by atoms with Crippen molar-refractivity contribution in [2.75, 3.05) is 40.6 Å².